The van der Waals surface area contributed by atoms with E-state index in [1.807, 2.05) is 18.2 Å². The predicted octanol–water partition coefficient (Wildman–Crippen LogP) is 5.27. The molecular formula is C26H25ClFN3O4. The summed E-state index contributed by atoms with van der Waals surface area (Å²) in [5.74, 6) is -1.72. The van der Waals surface area contributed by atoms with Gasteiger partial charge in [0.1, 0.15) is 11.6 Å². The zero-order valence-corrected chi connectivity index (χ0v) is 20.1. The Labute approximate surface area is 207 Å². The average molecular weight is 498 g/mol. The Morgan fingerprint density at radius 2 is 2.00 bits per heavy atom. The molecule has 0 saturated heterocycles. The van der Waals surface area contributed by atoms with Crippen LogP contribution in [0.1, 0.15) is 41.8 Å². The second kappa shape index (κ2) is 12.1. The summed E-state index contributed by atoms with van der Waals surface area (Å²) in [6.07, 6.45) is 1.93. The van der Waals surface area contributed by atoms with E-state index in [1.165, 1.54) is 18.3 Å². The molecule has 2 atom stereocenters. The summed E-state index contributed by atoms with van der Waals surface area (Å²) in [5.41, 5.74) is 1.87. The molecule has 182 valence electrons. The van der Waals surface area contributed by atoms with E-state index in [1.54, 1.807) is 32.0 Å². The number of nitriles is 1. The molecule has 1 N–H and O–H groups in total. The number of hydrogen-bond acceptors (Lipinski definition) is 6. The van der Waals surface area contributed by atoms with E-state index in [0.29, 0.717) is 28.3 Å². The summed E-state index contributed by atoms with van der Waals surface area (Å²) >= 11 is 6.01. The van der Waals surface area contributed by atoms with Crippen molar-refractivity contribution in [3.8, 4) is 17.2 Å². The lowest BCUT2D eigenvalue weighted by atomic mass is 9.92. The number of amides is 1. The van der Waals surface area contributed by atoms with Gasteiger partial charge in [0, 0.05) is 23.0 Å². The van der Waals surface area contributed by atoms with Crippen LogP contribution in [0.15, 0.2) is 53.1 Å². The number of aromatic nitrogens is 1. The van der Waals surface area contributed by atoms with Gasteiger partial charge >= 0.3 is 11.9 Å². The van der Waals surface area contributed by atoms with Crippen LogP contribution in [-0.4, -0.2) is 29.5 Å². The minimum Gasteiger partial charge on any atom is -0.466 e. The zero-order chi connectivity index (χ0) is 25.4. The molecule has 2 aromatic carbocycles. The minimum atomic E-state index is -0.712. The zero-order valence-electron chi connectivity index (χ0n) is 19.4. The highest BCUT2D eigenvalue weighted by Crippen LogP contribution is 2.27. The monoisotopic (exact) mass is 497 g/mol. The number of nitrogens with zero attached hydrogens (tertiary/aromatic N) is 2. The molecule has 0 spiro atoms. The van der Waals surface area contributed by atoms with E-state index in [0.717, 1.165) is 5.56 Å². The molecule has 0 fully saturated rings. The Kier molecular flexibility index (Phi) is 8.98. The first-order valence-electron chi connectivity index (χ1n) is 11.1. The van der Waals surface area contributed by atoms with Gasteiger partial charge < -0.3 is 14.5 Å². The number of aryl methyl sites for hydroxylation is 1. The van der Waals surface area contributed by atoms with Gasteiger partial charge in [-0.05, 0) is 56.0 Å². The normalized spacial score (nSPS) is 12.4. The number of ether oxygens (including phenoxy) is 1. The summed E-state index contributed by atoms with van der Waals surface area (Å²) in [5, 5.41) is 12.5. The topological polar surface area (TPSA) is 105 Å². The average Bonchev–Trinajstić information content (AvgIpc) is 3.27. The van der Waals surface area contributed by atoms with Crippen LogP contribution in [0.3, 0.4) is 0 Å². The van der Waals surface area contributed by atoms with Crippen molar-refractivity contribution in [3.05, 3.63) is 76.7 Å². The van der Waals surface area contributed by atoms with E-state index in [2.05, 4.69) is 10.3 Å². The van der Waals surface area contributed by atoms with Crippen LogP contribution >= 0.6 is 11.6 Å². The second-order valence-electron chi connectivity index (χ2n) is 8.02. The number of rotatable bonds is 10. The number of benzene rings is 2. The Balaban J connectivity index is 1.82. The summed E-state index contributed by atoms with van der Waals surface area (Å²) < 4.78 is 24.6. The van der Waals surface area contributed by atoms with Crippen molar-refractivity contribution in [1.29, 1.82) is 5.26 Å². The first-order valence-corrected chi connectivity index (χ1v) is 11.5. The van der Waals surface area contributed by atoms with Crippen LogP contribution in [0.4, 0.5) is 4.39 Å². The van der Waals surface area contributed by atoms with Gasteiger partial charge in [0.25, 0.3) is 5.89 Å². The first-order chi connectivity index (χ1) is 16.8. The van der Waals surface area contributed by atoms with E-state index in [9.17, 15) is 19.2 Å². The second-order valence-corrected chi connectivity index (χ2v) is 8.46. The molecule has 2 unspecified atom stereocenters. The third kappa shape index (κ3) is 7.14. The largest absolute Gasteiger partial charge is 0.466 e. The molecule has 0 saturated carbocycles. The Hall–Kier alpha value is -3.70. The van der Waals surface area contributed by atoms with Crippen LogP contribution in [0.5, 0.6) is 0 Å². The van der Waals surface area contributed by atoms with Crippen molar-refractivity contribution < 1.29 is 23.1 Å². The summed E-state index contributed by atoms with van der Waals surface area (Å²) in [4.78, 5) is 29.0. The van der Waals surface area contributed by atoms with Crippen molar-refractivity contribution in [2.24, 2.45) is 5.92 Å². The van der Waals surface area contributed by atoms with Crippen LogP contribution in [-0.2, 0) is 16.0 Å². The predicted molar refractivity (Wildman–Crippen MR) is 128 cm³/mol. The quantitative estimate of drug-likeness (QED) is 0.383. The molecule has 1 amide bonds. The maximum absolute atomic E-state index is 14.2. The van der Waals surface area contributed by atoms with Crippen LogP contribution in [0.2, 0.25) is 5.02 Å². The molecule has 35 heavy (non-hydrogen) atoms. The summed E-state index contributed by atoms with van der Waals surface area (Å²) in [7, 11) is 0. The fourth-order valence-corrected chi connectivity index (χ4v) is 3.87. The number of oxazole rings is 1. The minimum absolute atomic E-state index is 0.0453. The molecule has 0 aliphatic heterocycles. The number of halogens is 2. The molecule has 3 aromatic rings. The maximum atomic E-state index is 14.2. The molecule has 1 heterocycles. The molecule has 0 radical (unpaired) electrons. The lowest BCUT2D eigenvalue weighted by Gasteiger charge is -2.22. The molecule has 0 aliphatic rings. The van der Waals surface area contributed by atoms with E-state index in [-0.39, 0.29) is 31.2 Å². The van der Waals surface area contributed by atoms with Crippen LogP contribution < -0.4 is 5.32 Å². The van der Waals surface area contributed by atoms with Gasteiger partial charge in [0.15, 0.2) is 0 Å². The molecule has 0 bridgehead atoms. The van der Waals surface area contributed by atoms with Crippen molar-refractivity contribution in [2.45, 2.75) is 39.2 Å². The molecule has 7 nitrogen and oxygen atoms in total. The number of esters is 1. The van der Waals surface area contributed by atoms with Gasteiger partial charge in [-0.2, -0.15) is 5.26 Å². The van der Waals surface area contributed by atoms with Gasteiger partial charge in [0.2, 0.25) is 0 Å². The standard InChI is InChI=1S/C26H25ClFN3O4/c1-3-34-26(33)19(10-11-29)13-21(31-24(32)25-30-15-16(2)35-25)12-17-4-6-18(7-5-17)22-14-20(27)8-9-23(22)28/h4-9,14-15,19,21H,3,10,12-13H2,1-2H3,(H,31,32). The lowest BCUT2D eigenvalue weighted by Crippen LogP contribution is -2.39. The Bertz CT molecular complexity index is 1220. The molecule has 1 aromatic heterocycles. The van der Waals surface area contributed by atoms with E-state index < -0.39 is 23.8 Å². The van der Waals surface area contributed by atoms with E-state index in [4.69, 9.17) is 20.8 Å². The fraction of sp³-hybridized carbons (Fsp3) is 0.308. The van der Waals surface area contributed by atoms with Crippen molar-refractivity contribution in [1.82, 2.24) is 10.3 Å². The number of carbonyl (C=O) groups is 2. The van der Waals surface area contributed by atoms with Crippen molar-refractivity contribution in [3.63, 3.8) is 0 Å². The highest BCUT2D eigenvalue weighted by atomic mass is 35.5. The highest BCUT2D eigenvalue weighted by Gasteiger charge is 2.27. The van der Waals surface area contributed by atoms with Crippen molar-refractivity contribution >= 4 is 23.5 Å². The molecule has 3 rings (SSSR count). The van der Waals surface area contributed by atoms with Crippen LogP contribution in [0, 0.1) is 30.0 Å². The van der Waals surface area contributed by atoms with E-state index >= 15 is 0 Å². The highest BCUT2D eigenvalue weighted by molar-refractivity contribution is 6.30. The third-order valence-corrected chi connectivity index (χ3v) is 5.59. The number of hydrogen-bond donors (Lipinski definition) is 1. The molecule has 9 heteroatoms. The SMILES string of the molecule is CCOC(=O)C(CC#N)CC(Cc1ccc(-c2cc(Cl)ccc2F)cc1)NC(=O)c1ncc(C)o1. The smallest absolute Gasteiger partial charge is 0.310 e. The van der Waals surface area contributed by atoms with Crippen LogP contribution in [0.25, 0.3) is 11.1 Å². The third-order valence-electron chi connectivity index (χ3n) is 5.35. The van der Waals surface area contributed by atoms with Crippen molar-refractivity contribution in [2.75, 3.05) is 6.61 Å². The van der Waals surface area contributed by atoms with Gasteiger partial charge in [-0.15, -0.1) is 0 Å². The maximum Gasteiger partial charge on any atom is 0.310 e. The molecule has 0 aliphatic carbocycles. The number of nitrogens with one attached hydrogen (secondary N) is 1. The molecular weight excluding hydrogens is 473 g/mol. The Morgan fingerprint density at radius 3 is 2.63 bits per heavy atom. The Morgan fingerprint density at radius 1 is 1.26 bits per heavy atom. The lowest BCUT2D eigenvalue weighted by molar-refractivity contribution is -0.148. The fourth-order valence-electron chi connectivity index (χ4n) is 3.70. The van der Waals surface area contributed by atoms with Gasteiger partial charge in [-0.1, -0.05) is 35.9 Å². The summed E-state index contributed by atoms with van der Waals surface area (Å²) in [6.45, 7) is 3.56. The number of carbonyl (C=O) groups excluding carboxylic acids is 2. The van der Waals surface area contributed by atoms with Gasteiger partial charge in [-0.3, -0.25) is 9.59 Å². The summed E-state index contributed by atoms with van der Waals surface area (Å²) in [6, 6.07) is 13.0. The van der Waals surface area contributed by atoms with Gasteiger partial charge in [0.05, 0.1) is 24.8 Å². The first kappa shape index (κ1) is 25.9. The van der Waals surface area contributed by atoms with Gasteiger partial charge in [-0.25, -0.2) is 9.37 Å².